The fourth-order valence-electron chi connectivity index (χ4n) is 3.89. The summed E-state index contributed by atoms with van der Waals surface area (Å²) in [6, 6.07) is 15.0. The van der Waals surface area contributed by atoms with Crippen LogP contribution in [0.1, 0.15) is 21.5 Å². The minimum Gasteiger partial charge on any atom is -0.497 e. The van der Waals surface area contributed by atoms with Crippen molar-refractivity contribution in [3.05, 3.63) is 65.2 Å². The monoisotopic (exact) mass is 415 g/mol. The molecule has 154 valence electrons. The number of hydrogen-bond donors (Lipinski definition) is 0. The van der Waals surface area contributed by atoms with Crippen LogP contribution in [0.25, 0.3) is 0 Å². The van der Waals surface area contributed by atoms with Crippen molar-refractivity contribution in [3.63, 3.8) is 0 Å². The highest BCUT2D eigenvalue weighted by Crippen LogP contribution is 2.23. The highest BCUT2D eigenvalue weighted by Gasteiger charge is 2.35. The lowest BCUT2D eigenvalue weighted by Crippen LogP contribution is -2.54. The molecule has 0 saturated carbocycles. The van der Waals surface area contributed by atoms with Gasteiger partial charge in [0.05, 0.1) is 7.11 Å². The Labute approximate surface area is 171 Å². The number of carbonyl (C=O) groups excluding carboxylic acids is 1. The molecule has 1 fully saturated rings. The summed E-state index contributed by atoms with van der Waals surface area (Å²) < 4.78 is 34.5. The zero-order valence-corrected chi connectivity index (χ0v) is 17.3. The van der Waals surface area contributed by atoms with Gasteiger partial charge in [0.25, 0.3) is 16.1 Å². The van der Waals surface area contributed by atoms with Crippen LogP contribution >= 0.6 is 0 Å². The van der Waals surface area contributed by atoms with Crippen LogP contribution in [0.15, 0.2) is 48.5 Å². The van der Waals surface area contributed by atoms with E-state index in [4.69, 9.17) is 4.74 Å². The maximum atomic E-state index is 13.1. The van der Waals surface area contributed by atoms with E-state index in [2.05, 4.69) is 6.07 Å². The van der Waals surface area contributed by atoms with E-state index in [0.29, 0.717) is 50.6 Å². The first-order chi connectivity index (χ1) is 14.0. The van der Waals surface area contributed by atoms with E-state index in [9.17, 15) is 13.2 Å². The third-order valence-electron chi connectivity index (χ3n) is 5.59. The van der Waals surface area contributed by atoms with Gasteiger partial charge >= 0.3 is 0 Å². The van der Waals surface area contributed by atoms with Crippen LogP contribution in [0.3, 0.4) is 0 Å². The predicted octanol–water partition coefficient (Wildman–Crippen LogP) is 1.76. The number of benzene rings is 2. The molecule has 0 radical (unpaired) electrons. The van der Waals surface area contributed by atoms with E-state index < -0.39 is 10.2 Å². The molecule has 0 spiro atoms. The average Bonchev–Trinajstić information content (AvgIpc) is 2.78. The molecule has 0 bridgehead atoms. The van der Waals surface area contributed by atoms with E-state index in [1.54, 1.807) is 40.6 Å². The Morgan fingerprint density at radius 3 is 2.34 bits per heavy atom. The minimum absolute atomic E-state index is 0.104. The lowest BCUT2D eigenvalue weighted by molar-refractivity contribution is 0.0693. The fourth-order valence-corrected chi connectivity index (χ4v) is 5.47. The number of rotatable bonds is 4. The molecule has 29 heavy (non-hydrogen) atoms. The summed E-state index contributed by atoms with van der Waals surface area (Å²) in [6.45, 7) is 2.25. The lowest BCUT2D eigenvalue weighted by Gasteiger charge is -2.38. The average molecular weight is 416 g/mol. The molecule has 0 unspecified atom stereocenters. The second kappa shape index (κ2) is 8.14. The van der Waals surface area contributed by atoms with Gasteiger partial charge in [0.15, 0.2) is 0 Å². The maximum absolute atomic E-state index is 13.1. The first-order valence-corrected chi connectivity index (χ1v) is 11.1. The second-order valence-electron chi connectivity index (χ2n) is 7.28. The highest BCUT2D eigenvalue weighted by molar-refractivity contribution is 7.86. The zero-order valence-electron chi connectivity index (χ0n) is 16.5. The quantitative estimate of drug-likeness (QED) is 0.763. The van der Waals surface area contributed by atoms with E-state index in [0.717, 1.165) is 12.0 Å². The van der Waals surface area contributed by atoms with Crippen molar-refractivity contribution in [2.45, 2.75) is 13.0 Å². The van der Waals surface area contributed by atoms with Gasteiger partial charge in [-0.1, -0.05) is 30.3 Å². The molecule has 2 heterocycles. The molecule has 0 aromatic heterocycles. The van der Waals surface area contributed by atoms with Gasteiger partial charge in [-0.2, -0.15) is 17.0 Å². The molecule has 1 amide bonds. The Kier molecular flexibility index (Phi) is 5.58. The van der Waals surface area contributed by atoms with Gasteiger partial charge in [0.2, 0.25) is 0 Å². The molecule has 8 heteroatoms. The molecule has 1 saturated heterocycles. The number of nitrogens with zero attached hydrogens (tertiary/aromatic N) is 3. The summed E-state index contributed by atoms with van der Waals surface area (Å²) in [5, 5.41) is 0. The SMILES string of the molecule is COc1cccc(C(=O)N2CCN(S(=O)(=O)N3CCc4ccccc4C3)CC2)c1. The zero-order chi connectivity index (χ0) is 20.4. The highest BCUT2D eigenvalue weighted by atomic mass is 32.2. The van der Waals surface area contributed by atoms with Crippen LogP contribution < -0.4 is 4.74 Å². The Balaban J connectivity index is 1.40. The summed E-state index contributed by atoms with van der Waals surface area (Å²) >= 11 is 0. The normalized spacial score (nSPS) is 18.3. The molecule has 0 N–H and O–H groups in total. The van der Waals surface area contributed by atoms with Gasteiger partial charge in [-0.25, -0.2) is 0 Å². The summed E-state index contributed by atoms with van der Waals surface area (Å²) in [4.78, 5) is 14.5. The van der Waals surface area contributed by atoms with Crippen molar-refractivity contribution in [1.82, 2.24) is 13.5 Å². The van der Waals surface area contributed by atoms with Gasteiger partial charge in [-0.05, 0) is 35.7 Å². The van der Waals surface area contributed by atoms with Gasteiger partial charge in [0.1, 0.15) is 5.75 Å². The maximum Gasteiger partial charge on any atom is 0.282 e. The van der Waals surface area contributed by atoms with Crippen molar-refractivity contribution >= 4 is 16.1 Å². The first kappa shape index (κ1) is 19.9. The van der Waals surface area contributed by atoms with E-state index in [-0.39, 0.29) is 5.91 Å². The molecule has 2 aromatic carbocycles. The number of piperazine rings is 1. The van der Waals surface area contributed by atoms with E-state index in [1.165, 1.54) is 9.87 Å². The molecule has 0 aliphatic carbocycles. The summed E-state index contributed by atoms with van der Waals surface area (Å²) in [7, 11) is -1.98. The van der Waals surface area contributed by atoms with Gasteiger partial charge in [-0.15, -0.1) is 0 Å². The molecule has 2 aromatic rings. The number of amides is 1. The third-order valence-corrected chi connectivity index (χ3v) is 7.57. The largest absolute Gasteiger partial charge is 0.497 e. The van der Waals surface area contributed by atoms with Crippen molar-refractivity contribution in [3.8, 4) is 5.75 Å². The Morgan fingerprint density at radius 2 is 1.62 bits per heavy atom. The van der Waals surface area contributed by atoms with Crippen LogP contribution in [0, 0.1) is 0 Å². The van der Waals surface area contributed by atoms with Crippen LogP contribution in [0.5, 0.6) is 5.75 Å². The number of ether oxygens (including phenoxy) is 1. The molecular formula is C21H25N3O4S. The first-order valence-electron chi connectivity index (χ1n) is 9.74. The summed E-state index contributed by atoms with van der Waals surface area (Å²) in [5.74, 6) is 0.523. The summed E-state index contributed by atoms with van der Waals surface area (Å²) in [5.41, 5.74) is 2.83. The van der Waals surface area contributed by atoms with E-state index in [1.807, 2.05) is 18.2 Å². The predicted molar refractivity (Wildman–Crippen MR) is 110 cm³/mol. The molecule has 2 aliphatic rings. The topological polar surface area (TPSA) is 70.2 Å². The number of carbonyl (C=O) groups is 1. The van der Waals surface area contributed by atoms with E-state index >= 15 is 0 Å². The number of methoxy groups -OCH3 is 1. The number of fused-ring (bicyclic) bond motifs is 1. The molecule has 0 atom stereocenters. The van der Waals surface area contributed by atoms with Crippen molar-refractivity contribution in [2.24, 2.45) is 0 Å². The molecule has 7 nitrogen and oxygen atoms in total. The van der Waals surface area contributed by atoms with Crippen molar-refractivity contribution in [2.75, 3.05) is 39.8 Å². The van der Waals surface area contributed by atoms with Crippen LogP contribution in [-0.4, -0.2) is 67.7 Å². The fraction of sp³-hybridized carbons (Fsp3) is 0.381. The Hall–Kier alpha value is -2.42. The standard InChI is InChI=1S/C21H25N3O4S/c1-28-20-8-4-7-18(15-20)21(25)22-11-13-23(14-12-22)29(26,27)24-10-9-17-5-2-3-6-19(17)16-24/h2-8,15H,9-14,16H2,1H3. The smallest absolute Gasteiger partial charge is 0.282 e. The Morgan fingerprint density at radius 1 is 0.897 bits per heavy atom. The Bertz CT molecular complexity index is 1000. The van der Waals surface area contributed by atoms with Crippen LogP contribution in [-0.2, 0) is 23.2 Å². The van der Waals surface area contributed by atoms with Crippen LogP contribution in [0.4, 0.5) is 0 Å². The third kappa shape index (κ3) is 4.01. The summed E-state index contributed by atoms with van der Waals surface area (Å²) in [6.07, 6.45) is 0.726. The molecule has 2 aliphatic heterocycles. The van der Waals surface area contributed by atoms with Gasteiger partial charge in [-0.3, -0.25) is 4.79 Å². The molecular weight excluding hydrogens is 390 g/mol. The minimum atomic E-state index is -3.54. The lowest BCUT2D eigenvalue weighted by atomic mass is 10.0. The van der Waals surface area contributed by atoms with Crippen molar-refractivity contribution in [1.29, 1.82) is 0 Å². The van der Waals surface area contributed by atoms with Crippen LogP contribution in [0.2, 0.25) is 0 Å². The van der Waals surface area contributed by atoms with Gasteiger partial charge < -0.3 is 9.64 Å². The van der Waals surface area contributed by atoms with Crippen molar-refractivity contribution < 1.29 is 17.9 Å². The van der Waals surface area contributed by atoms with Gasteiger partial charge in [0, 0.05) is 44.8 Å². The number of hydrogen-bond acceptors (Lipinski definition) is 4. The second-order valence-corrected chi connectivity index (χ2v) is 9.21. The molecule has 4 rings (SSSR count).